The average Bonchev–Trinajstić information content (AvgIpc) is 2.46. The Morgan fingerprint density at radius 2 is 2.55 bits per heavy atom. The Morgan fingerprint density at radius 1 is 1.82 bits per heavy atom. The fourth-order valence-corrected chi connectivity index (χ4v) is 1.05. The normalized spacial score (nSPS) is 10.0. The van der Waals surface area contributed by atoms with Crippen molar-refractivity contribution in [2.24, 2.45) is 0 Å². The van der Waals surface area contributed by atoms with Gasteiger partial charge in [0.25, 0.3) is 0 Å². The Bertz CT molecular complexity index is 257. The van der Waals surface area contributed by atoms with E-state index in [-0.39, 0.29) is 0 Å². The van der Waals surface area contributed by atoms with Crippen LogP contribution < -0.4 is 0 Å². The SMILES string of the molecule is CCn1cc(C=O)c(CCl)n1. The van der Waals surface area contributed by atoms with E-state index in [1.807, 2.05) is 6.92 Å². The van der Waals surface area contributed by atoms with E-state index in [1.165, 1.54) is 0 Å². The lowest BCUT2D eigenvalue weighted by Gasteiger charge is -1.89. The fourth-order valence-electron chi connectivity index (χ4n) is 0.841. The number of aromatic nitrogens is 2. The first-order valence-corrected chi connectivity index (χ1v) is 3.92. The van der Waals surface area contributed by atoms with Gasteiger partial charge in [-0.1, -0.05) is 0 Å². The van der Waals surface area contributed by atoms with E-state index in [0.29, 0.717) is 17.1 Å². The zero-order chi connectivity index (χ0) is 8.27. The monoisotopic (exact) mass is 172 g/mol. The number of carbonyl (C=O) groups excluding carboxylic acids is 1. The molecule has 0 N–H and O–H groups in total. The molecule has 0 fully saturated rings. The van der Waals surface area contributed by atoms with Crippen LogP contribution in [0, 0.1) is 0 Å². The predicted octanol–water partition coefficient (Wildman–Crippen LogP) is 1.45. The Morgan fingerprint density at radius 3 is 2.91 bits per heavy atom. The molecule has 1 heterocycles. The van der Waals surface area contributed by atoms with Crippen molar-refractivity contribution in [1.82, 2.24) is 9.78 Å². The molecule has 0 amide bonds. The van der Waals surface area contributed by atoms with E-state index >= 15 is 0 Å². The lowest BCUT2D eigenvalue weighted by atomic mass is 10.3. The molecule has 4 heteroatoms. The van der Waals surface area contributed by atoms with Crippen LogP contribution in [-0.2, 0) is 12.4 Å². The molecule has 0 aliphatic heterocycles. The van der Waals surface area contributed by atoms with E-state index in [1.54, 1.807) is 10.9 Å². The highest BCUT2D eigenvalue weighted by Gasteiger charge is 2.04. The summed E-state index contributed by atoms with van der Waals surface area (Å²) < 4.78 is 1.70. The highest BCUT2D eigenvalue weighted by atomic mass is 35.5. The minimum atomic E-state index is 0.293. The molecule has 3 nitrogen and oxygen atoms in total. The number of carbonyl (C=O) groups is 1. The van der Waals surface area contributed by atoms with Gasteiger partial charge in [0.15, 0.2) is 6.29 Å². The molecule has 60 valence electrons. The molecule has 0 aliphatic rings. The summed E-state index contributed by atoms with van der Waals surface area (Å²) in [6.45, 7) is 2.72. The number of halogens is 1. The van der Waals surface area contributed by atoms with E-state index in [2.05, 4.69) is 5.10 Å². The molecule has 1 aromatic rings. The van der Waals surface area contributed by atoms with E-state index in [9.17, 15) is 4.79 Å². The van der Waals surface area contributed by atoms with Crippen LogP contribution in [0.25, 0.3) is 0 Å². The molecule has 0 bridgehead atoms. The second-order valence-corrected chi connectivity index (χ2v) is 2.41. The highest BCUT2D eigenvalue weighted by molar-refractivity contribution is 6.17. The van der Waals surface area contributed by atoms with Crippen molar-refractivity contribution in [3.05, 3.63) is 17.5 Å². The van der Waals surface area contributed by atoms with Gasteiger partial charge in [-0.15, -0.1) is 11.6 Å². The summed E-state index contributed by atoms with van der Waals surface area (Å²) in [4.78, 5) is 10.4. The van der Waals surface area contributed by atoms with Gasteiger partial charge in [-0.25, -0.2) is 0 Å². The van der Waals surface area contributed by atoms with Crippen LogP contribution in [0.4, 0.5) is 0 Å². The summed E-state index contributed by atoms with van der Waals surface area (Å²) in [5.74, 6) is 0.293. The van der Waals surface area contributed by atoms with Crippen LogP contribution >= 0.6 is 11.6 Å². The van der Waals surface area contributed by atoms with Gasteiger partial charge < -0.3 is 0 Å². The zero-order valence-electron chi connectivity index (χ0n) is 6.25. The third-order valence-electron chi connectivity index (χ3n) is 1.45. The van der Waals surface area contributed by atoms with Crippen LogP contribution in [-0.4, -0.2) is 16.1 Å². The van der Waals surface area contributed by atoms with Gasteiger partial charge >= 0.3 is 0 Å². The van der Waals surface area contributed by atoms with Gasteiger partial charge in [0.1, 0.15) is 0 Å². The molecule has 0 saturated heterocycles. The summed E-state index contributed by atoms with van der Waals surface area (Å²) in [5.41, 5.74) is 1.24. The number of aryl methyl sites for hydroxylation is 1. The quantitative estimate of drug-likeness (QED) is 0.511. The summed E-state index contributed by atoms with van der Waals surface area (Å²) in [6, 6.07) is 0. The maximum Gasteiger partial charge on any atom is 0.153 e. The van der Waals surface area contributed by atoms with Crippen LogP contribution in [0.3, 0.4) is 0 Å². The number of rotatable bonds is 3. The molecule has 1 rings (SSSR count). The topological polar surface area (TPSA) is 34.9 Å². The van der Waals surface area contributed by atoms with Gasteiger partial charge in [-0.05, 0) is 6.92 Å². The first kappa shape index (κ1) is 8.27. The molecular weight excluding hydrogens is 164 g/mol. The molecule has 0 saturated carbocycles. The number of alkyl halides is 1. The lowest BCUT2D eigenvalue weighted by molar-refractivity contribution is 0.112. The minimum Gasteiger partial charge on any atom is -0.298 e. The Balaban J connectivity index is 3.01. The molecule has 0 atom stereocenters. The maximum atomic E-state index is 10.4. The van der Waals surface area contributed by atoms with Crippen molar-refractivity contribution >= 4 is 17.9 Å². The molecule has 0 aliphatic carbocycles. The van der Waals surface area contributed by atoms with Gasteiger partial charge in [0, 0.05) is 12.7 Å². The van der Waals surface area contributed by atoms with E-state index in [4.69, 9.17) is 11.6 Å². The zero-order valence-corrected chi connectivity index (χ0v) is 7.01. The molecule has 0 radical (unpaired) electrons. The van der Waals surface area contributed by atoms with Crippen molar-refractivity contribution in [2.45, 2.75) is 19.3 Å². The number of nitrogens with zero attached hydrogens (tertiary/aromatic N) is 2. The van der Waals surface area contributed by atoms with Gasteiger partial charge in [0.2, 0.25) is 0 Å². The van der Waals surface area contributed by atoms with Gasteiger partial charge in [-0.3, -0.25) is 9.48 Å². The van der Waals surface area contributed by atoms with Crippen LogP contribution in [0.5, 0.6) is 0 Å². The Labute approximate surface area is 70.0 Å². The van der Waals surface area contributed by atoms with Crippen LogP contribution in [0.1, 0.15) is 23.0 Å². The summed E-state index contributed by atoms with van der Waals surface area (Å²) >= 11 is 5.55. The largest absolute Gasteiger partial charge is 0.298 e. The number of aldehydes is 1. The molecule has 1 aromatic heterocycles. The fraction of sp³-hybridized carbons (Fsp3) is 0.429. The molecule has 0 unspecified atom stereocenters. The van der Waals surface area contributed by atoms with Crippen molar-refractivity contribution in [3.63, 3.8) is 0 Å². The summed E-state index contributed by atoms with van der Waals surface area (Å²) in [7, 11) is 0. The Hall–Kier alpha value is -0.830. The maximum absolute atomic E-state index is 10.4. The minimum absolute atomic E-state index is 0.293. The lowest BCUT2D eigenvalue weighted by Crippen LogP contribution is -1.94. The molecule has 0 aromatic carbocycles. The van der Waals surface area contributed by atoms with Crippen LogP contribution in [0.2, 0.25) is 0 Å². The Kier molecular flexibility index (Phi) is 2.65. The van der Waals surface area contributed by atoms with Crippen molar-refractivity contribution in [2.75, 3.05) is 0 Å². The second-order valence-electron chi connectivity index (χ2n) is 2.14. The molecule has 0 spiro atoms. The summed E-state index contributed by atoms with van der Waals surface area (Å²) in [5, 5.41) is 4.07. The van der Waals surface area contributed by atoms with Gasteiger partial charge in [0.05, 0.1) is 17.1 Å². The smallest absolute Gasteiger partial charge is 0.153 e. The van der Waals surface area contributed by atoms with Crippen molar-refractivity contribution in [1.29, 1.82) is 0 Å². The predicted molar refractivity (Wildman–Crippen MR) is 42.8 cm³/mol. The van der Waals surface area contributed by atoms with E-state index < -0.39 is 0 Å². The third kappa shape index (κ3) is 1.60. The van der Waals surface area contributed by atoms with E-state index in [0.717, 1.165) is 12.8 Å². The van der Waals surface area contributed by atoms with Crippen molar-refractivity contribution < 1.29 is 4.79 Å². The highest BCUT2D eigenvalue weighted by Crippen LogP contribution is 2.06. The summed E-state index contributed by atoms with van der Waals surface area (Å²) in [6.07, 6.45) is 2.47. The standard InChI is InChI=1S/C7H9ClN2O/c1-2-10-4-6(5-11)7(3-8)9-10/h4-5H,2-3H2,1H3. The molecular formula is C7H9ClN2O. The second kappa shape index (κ2) is 3.53. The van der Waals surface area contributed by atoms with Crippen molar-refractivity contribution in [3.8, 4) is 0 Å². The first-order valence-electron chi connectivity index (χ1n) is 3.39. The number of hydrogen-bond donors (Lipinski definition) is 0. The molecule has 11 heavy (non-hydrogen) atoms. The average molecular weight is 173 g/mol. The van der Waals surface area contributed by atoms with Gasteiger partial charge in [-0.2, -0.15) is 5.10 Å². The third-order valence-corrected chi connectivity index (χ3v) is 1.70. The number of hydrogen-bond acceptors (Lipinski definition) is 2. The first-order chi connectivity index (χ1) is 5.31. The van der Waals surface area contributed by atoms with Crippen LogP contribution in [0.15, 0.2) is 6.20 Å².